The quantitative estimate of drug-likeness (QED) is 0.174. The van der Waals surface area contributed by atoms with Crippen LogP contribution in [0.1, 0.15) is 29.3 Å². The number of rotatable bonds is 4. The van der Waals surface area contributed by atoms with Crippen LogP contribution in [0.3, 0.4) is 0 Å². The van der Waals surface area contributed by atoms with Gasteiger partial charge in [-0.05, 0) is 80.1 Å². The molecule has 0 saturated carbocycles. The summed E-state index contributed by atoms with van der Waals surface area (Å²) in [5, 5.41) is 6.15. The Morgan fingerprint density at radius 3 is 2.10 bits per heavy atom. The van der Waals surface area contributed by atoms with Crippen LogP contribution in [0, 0.1) is 6.92 Å². The van der Waals surface area contributed by atoms with Gasteiger partial charge < -0.3 is 13.9 Å². The van der Waals surface area contributed by atoms with E-state index in [1.54, 1.807) is 0 Å². The van der Waals surface area contributed by atoms with Crippen molar-refractivity contribution in [3.63, 3.8) is 0 Å². The summed E-state index contributed by atoms with van der Waals surface area (Å²) < 4.78 is 14.6. The molecule has 0 unspecified atom stereocenters. The number of nitrogens with zero attached hydrogens (tertiary/aromatic N) is 2. The van der Waals surface area contributed by atoms with Crippen molar-refractivity contribution in [2.75, 3.05) is 0 Å². The van der Waals surface area contributed by atoms with Gasteiger partial charge in [0.05, 0.1) is 21.9 Å². The molecule has 0 aliphatic carbocycles. The molecule has 9 aromatic rings. The topological polar surface area (TPSA) is 19.1 Å². The largest absolute Gasteiger partial charge is 0.455 e. The van der Waals surface area contributed by atoms with E-state index < -0.39 is 0 Å². The van der Waals surface area contributed by atoms with Gasteiger partial charge in [-0.25, -0.2) is 0 Å². The Morgan fingerprint density at radius 2 is 1.29 bits per heavy atom. The van der Waals surface area contributed by atoms with Crippen molar-refractivity contribution in [1.82, 2.24) is 9.13 Å². The smallest absolute Gasteiger partial charge is 0.141 e. The fraction of sp³-hybridized carbons (Fsp3) is 0.0667. The molecular formula is C45H32N2OS. The van der Waals surface area contributed by atoms with Gasteiger partial charge in [-0.1, -0.05) is 85.0 Å². The second-order valence-corrected chi connectivity index (χ2v) is 14.0. The molecule has 0 radical (unpaired) electrons. The van der Waals surface area contributed by atoms with E-state index in [1.807, 2.05) is 18.3 Å². The molecule has 0 saturated heterocycles. The second kappa shape index (κ2) is 10.8. The Balaban J connectivity index is 1.21. The molecule has 234 valence electrons. The molecule has 3 nitrogen and oxygen atoms in total. The molecule has 4 heterocycles. The monoisotopic (exact) mass is 648 g/mol. The predicted octanol–water partition coefficient (Wildman–Crippen LogP) is 12.7. The minimum absolute atomic E-state index is 0.822. The summed E-state index contributed by atoms with van der Waals surface area (Å²) >= 11 is 1.86. The van der Waals surface area contributed by atoms with Crippen LogP contribution < -0.4 is 4.74 Å². The highest BCUT2D eigenvalue weighted by molar-refractivity contribution is 7.25. The van der Waals surface area contributed by atoms with Crippen molar-refractivity contribution in [1.29, 1.82) is 0 Å². The van der Waals surface area contributed by atoms with Crippen LogP contribution >= 0.6 is 11.3 Å². The van der Waals surface area contributed by atoms with Crippen LogP contribution in [-0.4, -0.2) is 9.13 Å². The van der Waals surface area contributed by atoms with E-state index in [-0.39, 0.29) is 0 Å². The Morgan fingerprint density at radius 1 is 0.592 bits per heavy atom. The zero-order valence-corrected chi connectivity index (χ0v) is 28.1. The number of thiophene rings is 1. The lowest BCUT2D eigenvalue weighted by molar-refractivity contribution is 0.471. The first-order valence-electron chi connectivity index (χ1n) is 16.9. The fourth-order valence-electron chi connectivity index (χ4n) is 7.92. The van der Waals surface area contributed by atoms with E-state index in [1.165, 1.54) is 58.5 Å². The first kappa shape index (κ1) is 28.2. The van der Waals surface area contributed by atoms with Crippen LogP contribution in [0.2, 0.25) is 0 Å². The SMILES string of the molecule is C/C=C\C=C/c1c(C)c2c3c(ccc2n1-c1ccccc1)Cc1ccc2c(c1O3)c1ccccc1n2-c1ccc2sc3ccccc3c2c1. The van der Waals surface area contributed by atoms with Crippen LogP contribution in [0.4, 0.5) is 0 Å². The normalized spacial score (nSPS) is 13.0. The molecule has 0 atom stereocenters. The van der Waals surface area contributed by atoms with E-state index in [0.29, 0.717) is 0 Å². The maximum Gasteiger partial charge on any atom is 0.141 e. The molecule has 0 amide bonds. The van der Waals surface area contributed by atoms with Gasteiger partial charge in [0.15, 0.2) is 0 Å². The number of para-hydroxylation sites is 2. The Bertz CT molecular complexity index is 2840. The van der Waals surface area contributed by atoms with Gasteiger partial charge in [0.1, 0.15) is 11.5 Å². The number of hydrogen-bond acceptors (Lipinski definition) is 2. The summed E-state index contributed by atoms with van der Waals surface area (Å²) in [4.78, 5) is 0. The second-order valence-electron chi connectivity index (χ2n) is 12.9. The van der Waals surface area contributed by atoms with Gasteiger partial charge in [-0.2, -0.15) is 0 Å². The highest BCUT2D eigenvalue weighted by Gasteiger charge is 2.28. The number of benzene rings is 6. The highest BCUT2D eigenvalue weighted by atomic mass is 32.1. The fourth-order valence-corrected chi connectivity index (χ4v) is 9.01. The molecule has 0 spiro atoms. The lowest BCUT2D eigenvalue weighted by Crippen LogP contribution is -2.04. The summed E-state index contributed by atoms with van der Waals surface area (Å²) in [6, 6.07) is 44.1. The number of aryl methyl sites for hydroxylation is 1. The maximum atomic E-state index is 7.22. The molecule has 0 fully saturated rings. The summed E-state index contributed by atoms with van der Waals surface area (Å²) in [5.74, 6) is 1.93. The van der Waals surface area contributed by atoms with Crippen molar-refractivity contribution in [3.8, 4) is 22.9 Å². The zero-order chi connectivity index (χ0) is 32.6. The lowest BCUT2D eigenvalue weighted by atomic mass is 9.95. The van der Waals surface area contributed by atoms with Crippen LogP contribution in [-0.2, 0) is 6.42 Å². The molecular weight excluding hydrogens is 617 g/mol. The van der Waals surface area contributed by atoms with Crippen LogP contribution in [0.25, 0.3) is 70.3 Å². The van der Waals surface area contributed by atoms with Crippen molar-refractivity contribution in [3.05, 3.63) is 162 Å². The summed E-state index contributed by atoms with van der Waals surface area (Å²) in [6.07, 6.45) is 9.30. The van der Waals surface area contributed by atoms with Gasteiger partial charge in [-0.3, -0.25) is 0 Å². The molecule has 3 aromatic heterocycles. The summed E-state index contributed by atoms with van der Waals surface area (Å²) in [7, 11) is 0. The van der Waals surface area contributed by atoms with E-state index in [4.69, 9.17) is 4.74 Å². The van der Waals surface area contributed by atoms with Crippen LogP contribution in [0.15, 0.2) is 140 Å². The van der Waals surface area contributed by atoms with Crippen molar-refractivity contribution < 1.29 is 4.74 Å². The molecule has 1 aliphatic rings. The van der Waals surface area contributed by atoms with Crippen LogP contribution in [0.5, 0.6) is 11.5 Å². The zero-order valence-electron chi connectivity index (χ0n) is 27.3. The molecule has 1 aliphatic heterocycles. The number of fused-ring (bicyclic) bond motifs is 11. The third kappa shape index (κ3) is 4.14. The predicted molar refractivity (Wildman–Crippen MR) is 208 cm³/mol. The summed E-state index contributed by atoms with van der Waals surface area (Å²) in [6.45, 7) is 4.28. The molecule has 6 aromatic carbocycles. The van der Waals surface area contributed by atoms with E-state index in [0.717, 1.165) is 46.0 Å². The van der Waals surface area contributed by atoms with Crippen molar-refractivity contribution in [2.24, 2.45) is 0 Å². The van der Waals surface area contributed by atoms with Crippen molar-refractivity contribution >= 4 is 70.3 Å². The third-order valence-electron chi connectivity index (χ3n) is 10.1. The van der Waals surface area contributed by atoms with Gasteiger partial charge in [0.2, 0.25) is 0 Å². The number of ether oxygens (including phenoxy) is 1. The van der Waals surface area contributed by atoms with E-state index in [2.05, 4.69) is 162 Å². The minimum atomic E-state index is 0.822. The number of aromatic nitrogens is 2. The minimum Gasteiger partial charge on any atom is -0.455 e. The number of hydrogen-bond donors (Lipinski definition) is 0. The molecule has 4 heteroatoms. The van der Waals surface area contributed by atoms with Gasteiger partial charge in [0, 0.05) is 65.6 Å². The molecule has 0 bridgehead atoms. The lowest BCUT2D eigenvalue weighted by Gasteiger charge is -2.23. The Labute approximate surface area is 288 Å². The first-order valence-corrected chi connectivity index (χ1v) is 17.7. The average molecular weight is 649 g/mol. The van der Waals surface area contributed by atoms with Gasteiger partial charge >= 0.3 is 0 Å². The van der Waals surface area contributed by atoms with Gasteiger partial charge in [0.25, 0.3) is 0 Å². The van der Waals surface area contributed by atoms with Crippen molar-refractivity contribution in [2.45, 2.75) is 20.3 Å². The molecule has 10 rings (SSSR count). The highest BCUT2D eigenvalue weighted by Crippen LogP contribution is 2.49. The van der Waals surface area contributed by atoms with E-state index in [9.17, 15) is 0 Å². The van der Waals surface area contributed by atoms with Gasteiger partial charge in [-0.15, -0.1) is 11.3 Å². The third-order valence-corrected chi connectivity index (χ3v) is 11.3. The Hall–Kier alpha value is -5.84. The Kier molecular flexibility index (Phi) is 6.24. The summed E-state index contributed by atoms with van der Waals surface area (Å²) in [5.41, 5.74) is 10.6. The molecule has 49 heavy (non-hydrogen) atoms. The first-order chi connectivity index (χ1) is 24.2. The maximum absolute atomic E-state index is 7.22. The number of allylic oxidation sites excluding steroid dienone is 3. The average Bonchev–Trinajstić information content (AvgIpc) is 3.78. The molecule has 0 N–H and O–H groups in total. The van der Waals surface area contributed by atoms with E-state index >= 15 is 0 Å². The standard InChI is InChI=1S/C45H32N2OS/c1-3-4-6-17-36-28(2)42-38(46(36)31-13-7-5-8-14-31)23-20-29-26-30-21-24-39-43(45(30)48-44(29)42)34-16-9-11-18-37(34)47(39)32-22-25-41-35(27-32)33-15-10-12-19-40(33)49-41/h3-25,27H,26H2,1-2H3/b4-3-,17-6-.